The normalized spacial score (nSPS) is 10.4. The summed E-state index contributed by atoms with van der Waals surface area (Å²) in [6, 6.07) is 10.3. The number of aliphatic carboxylic acids is 1. The van der Waals surface area contributed by atoms with E-state index in [0.29, 0.717) is 10.7 Å². The molecule has 0 bridgehead atoms. The highest BCUT2D eigenvalue weighted by Gasteiger charge is 2.15. The van der Waals surface area contributed by atoms with E-state index in [-0.39, 0.29) is 18.7 Å². The minimum Gasteiger partial charge on any atom is -0.480 e. The van der Waals surface area contributed by atoms with E-state index in [2.05, 4.69) is 0 Å². The highest BCUT2D eigenvalue weighted by atomic mass is 35.5. The number of nitrogens with zero attached hydrogens (tertiary/aromatic N) is 1. The Morgan fingerprint density at radius 2 is 1.90 bits per heavy atom. The second-order valence-corrected chi connectivity index (χ2v) is 4.88. The molecule has 0 aromatic heterocycles. The Bertz CT molecular complexity index is 664. The van der Waals surface area contributed by atoms with Crippen molar-refractivity contribution in [2.75, 3.05) is 11.4 Å². The largest absolute Gasteiger partial charge is 0.480 e. The molecule has 6 heteroatoms. The zero-order valence-electron chi connectivity index (χ0n) is 10.9. The van der Waals surface area contributed by atoms with Crippen LogP contribution in [0.25, 0.3) is 0 Å². The standard InChI is InChI=1S/C15H12ClF2NO2/c16-11-4-2-5-12(7-11)19(9-14(20)21)8-10-3-1-6-13(17)15(10)18/h1-7H,8-9H2,(H,20,21). The van der Waals surface area contributed by atoms with Crippen LogP contribution in [-0.2, 0) is 11.3 Å². The minimum absolute atomic E-state index is 0.0732. The van der Waals surface area contributed by atoms with E-state index in [1.54, 1.807) is 24.3 Å². The first-order chi connectivity index (χ1) is 9.97. The number of anilines is 1. The molecule has 0 amide bonds. The monoisotopic (exact) mass is 311 g/mol. The fourth-order valence-corrected chi connectivity index (χ4v) is 2.14. The van der Waals surface area contributed by atoms with E-state index in [0.717, 1.165) is 6.07 Å². The number of carbonyl (C=O) groups is 1. The summed E-state index contributed by atoms with van der Waals surface area (Å²) in [6.07, 6.45) is 0. The molecule has 0 unspecified atom stereocenters. The molecule has 2 rings (SSSR count). The molecular weight excluding hydrogens is 300 g/mol. The van der Waals surface area contributed by atoms with Gasteiger partial charge < -0.3 is 10.0 Å². The predicted octanol–water partition coefficient (Wildman–Crippen LogP) is 3.71. The SMILES string of the molecule is O=C(O)CN(Cc1cccc(F)c1F)c1cccc(Cl)c1. The van der Waals surface area contributed by atoms with Gasteiger partial charge in [-0.1, -0.05) is 29.8 Å². The van der Waals surface area contributed by atoms with Gasteiger partial charge in [0.15, 0.2) is 11.6 Å². The van der Waals surface area contributed by atoms with E-state index < -0.39 is 17.6 Å². The number of hydrogen-bond acceptors (Lipinski definition) is 2. The van der Waals surface area contributed by atoms with E-state index >= 15 is 0 Å². The highest BCUT2D eigenvalue weighted by Crippen LogP contribution is 2.22. The topological polar surface area (TPSA) is 40.5 Å². The average molecular weight is 312 g/mol. The van der Waals surface area contributed by atoms with E-state index in [9.17, 15) is 13.6 Å². The molecule has 0 aliphatic rings. The first kappa shape index (κ1) is 15.3. The molecule has 21 heavy (non-hydrogen) atoms. The maximum atomic E-state index is 13.7. The van der Waals surface area contributed by atoms with Crippen LogP contribution < -0.4 is 4.90 Å². The van der Waals surface area contributed by atoms with Crippen molar-refractivity contribution in [2.24, 2.45) is 0 Å². The highest BCUT2D eigenvalue weighted by molar-refractivity contribution is 6.30. The summed E-state index contributed by atoms with van der Waals surface area (Å²) in [4.78, 5) is 12.4. The lowest BCUT2D eigenvalue weighted by atomic mass is 10.1. The maximum absolute atomic E-state index is 13.7. The molecule has 0 spiro atoms. The summed E-state index contributed by atoms with van der Waals surface area (Å²) in [5.74, 6) is -3.02. The molecule has 0 heterocycles. The molecule has 1 N–H and O–H groups in total. The predicted molar refractivity (Wildman–Crippen MR) is 76.5 cm³/mol. The van der Waals surface area contributed by atoms with Crippen LogP contribution in [0.15, 0.2) is 42.5 Å². The summed E-state index contributed by atoms with van der Waals surface area (Å²) >= 11 is 5.88. The Hall–Kier alpha value is -2.14. The second kappa shape index (κ2) is 6.54. The van der Waals surface area contributed by atoms with Crippen molar-refractivity contribution in [3.8, 4) is 0 Å². The number of rotatable bonds is 5. The lowest BCUT2D eigenvalue weighted by molar-refractivity contribution is -0.135. The molecule has 0 aliphatic carbocycles. The Labute approximate surface area is 125 Å². The fourth-order valence-electron chi connectivity index (χ4n) is 1.95. The number of carboxylic acids is 1. The number of hydrogen-bond donors (Lipinski definition) is 1. The smallest absolute Gasteiger partial charge is 0.323 e. The summed E-state index contributed by atoms with van der Waals surface area (Å²) in [6.45, 7) is -0.424. The molecule has 0 atom stereocenters. The van der Waals surface area contributed by atoms with E-state index in [4.69, 9.17) is 16.7 Å². The number of halogens is 3. The van der Waals surface area contributed by atoms with Crippen LogP contribution in [0.5, 0.6) is 0 Å². The van der Waals surface area contributed by atoms with Gasteiger partial charge in [-0.2, -0.15) is 0 Å². The van der Waals surface area contributed by atoms with Gasteiger partial charge in [-0.25, -0.2) is 8.78 Å². The first-order valence-electron chi connectivity index (χ1n) is 6.12. The Morgan fingerprint density at radius 3 is 2.57 bits per heavy atom. The van der Waals surface area contributed by atoms with E-state index in [1.807, 2.05) is 0 Å². The number of benzene rings is 2. The Kier molecular flexibility index (Phi) is 4.75. The van der Waals surface area contributed by atoms with Crippen molar-refractivity contribution in [2.45, 2.75) is 6.54 Å². The second-order valence-electron chi connectivity index (χ2n) is 4.44. The van der Waals surface area contributed by atoms with E-state index in [1.165, 1.54) is 17.0 Å². The summed E-state index contributed by atoms with van der Waals surface area (Å²) < 4.78 is 26.9. The summed E-state index contributed by atoms with van der Waals surface area (Å²) in [5.41, 5.74) is 0.602. The zero-order chi connectivity index (χ0) is 15.4. The van der Waals surface area contributed by atoms with Crippen LogP contribution in [-0.4, -0.2) is 17.6 Å². The molecule has 0 saturated heterocycles. The summed E-state index contributed by atoms with van der Waals surface area (Å²) in [5, 5.41) is 9.41. The third-order valence-corrected chi connectivity index (χ3v) is 3.13. The molecule has 0 fully saturated rings. The van der Waals surface area contributed by atoms with Gasteiger partial charge in [0.05, 0.1) is 0 Å². The van der Waals surface area contributed by atoms with Crippen LogP contribution in [0.2, 0.25) is 5.02 Å². The molecule has 2 aromatic carbocycles. The minimum atomic E-state index is -1.08. The first-order valence-corrected chi connectivity index (χ1v) is 6.50. The Balaban J connectivity index is 2.32. The van der Waals surface area contributed by atoms with Crippen LogP contribution in [0.1, 0.15) is 5.56 Å². The molecule has 0 radical (unpaired) electrons. The molecule has 2 aromatic rings. The van der Waals surface area contributed by atoms with Crippen LogP contribution in [0, 0.1) is 11.6 Å². The van der Waals surface area contributed by atoms with Gasteiger partial charge in [0.2, 0.25) is 0 Å². The van der Waals surface area contributed by atoms with Crippen LogP contribution in [0.3, 0.4) is 0 Å². The maximum Gasteiger partial charge on any atom is 0.323 e. The number of carboxylic acid groups (broad SMARTS) is 1. The fraction of sp³-hybridized carbons (Fsp3) is 0.133. The summed E-state index contributed by atoms with van der Waals surface area (Å²) in [7, 11) is 0. The molecule has 3 nitrogen and oxygen atoms in total. The lowest BCUT2D eigenvalue weighted by Gasteiger charge is -2.23. The van der Waals surface area contributed by atoms with Crippen LogP contribution >= 0.6 is 11.6 Å². The van der Waals surface area contributed by atoms with Crippen molar-refractivity contribution >= 4 is 23.3 Å². The molecule has 110 valence electrons. The van der Waals surface area contributed by atoms with Gasteiger partial charge in [-0.3, -0.25) is 4.79 Å². The van der Waals surface area contributed by atoms with Gasteiger partial charge >= 0.3 is 5.97 Å². The van der Waals surface area contributed by atoms with Crippen molar-refractivity contribution in [3.63, 3.8) is 0 Å². The average Bonchev–Trinajstić information content (AvgIpc) is 2.42. The van der Waals surface area contributed by atoms with Gasteiger partial charge in [0.1, 0.15) is 6.54 Å². The zero-order valence-corrected chi connectivity index (χ0v) is 11.6. The van der Waals surface area contributed by atoms with Crippen molar-refractivity contribution in [1.29, 1.82) is 0 Å². The molecule has 0 saturated carbocycles. The molecular formula is C15H12ClF2NO2. The van der Waals surface area contributed by atoms with Crippen molar-refractivity contribution in [3.05, 3.63) is 64.7 Å². The third kappa shape index (κ3) is 3.92. The van der Waals surface area contributed by atoms with Crippen molar-refractivity contribution < 1.29 is 18.7 Å². The lowest BCUT2D eigenvalue weighted by Crippen LogP contribution is -2.29. The Morgan fingerprint density at radius 1 is 1.19 bits per heavy atom. The molecule has 0 aliphatic heterocycles. The van der Waals surface area contributed by atoms with Gasteiger partial charge in [-0.15, -0.1) is 0 Å². The van der Waals surface area contributed by atoms with Crippen molar-refractivity contribution in [1.82, 2.24) is 0 Å². The van der Waals surface area contributed by atoms with Gasteiger partial charge in [-0.05, 0) is 24.3 Å². The quantitative estimate of drug-likeness (QED) is 0.915. The van der Waals surface area contributed by atoms with Gasteiger partial charge in [0, 0.05) is 22.8 Å². The van der Waals surface area contributed by atoms with Gasteiger partial charge in [0.25, 0.3) is 0 Å². The third-order valence-electron chi connectivity index (χ3n) is 2.89. The van der Waals surface area contributed by atoms with Crippen LogP contribution in [0.4, 0.5) is 14.5 Å².